The summed E-state index contributed by atoms with van der Waals surface area (Å²) in [5.74, 6) is 2.76. The predicted octanol–water partition coefficient (Wildman–Crippen LogP) is 4.45. The molecule has 3 aromatic heterocycles. The van der Waals surface area contributed by atoms with Crippen molar-refractivity contribution in [1.29, 1.82) is 0 Å². The molecule has 0 unspecified atom stereocenters. The van der Waals surface area contributed by atoms with E-state index in [-0.39, 0.29) is 11.9 Å². The number of carbonyl (C=O) groups excluding carboxylic acids is 1. The van der Waals surface area contributed by atoms with E-state index in [0.717, 1.165) is 28.3 Å². The third-order valence-electron chi connectivity index (χ3n) is 6.97. The van der Waals surface area contributed by atoms with Crippen molar-refractivity contribution < 1.29 is 9.53 Å². The van der Waals surface area contributed by atoms with Crippen LogP contribution in [0.25, 0.3) is 16.2 Å². The molecule has 0 fully saturated rings. The van der Waals surface area contributed by atoms with E-state index in [9.17, 15) is 4.79 Å². The second-order valence-electron chi connectivity index (χ2n) is 9.42. The van der Waals surface area contributed by atoms with E-state index in [1.165, 1.54) is 6.20 Å². The topological polar surface area (TPSA) is 95.3 Å². The summed E-state index contributed by atoms with van der Waals surface area (Å²) in [5.41, 5.74) is 4.61. The van der Waals surface area contributed by atoms with E-state index in [1.54, 1.807) is 16.9 Å². The van der Waals surface area contributed by atoms with Crippen LogP contribution in [0.4, 0.5) is 5.69 Å². The molecule has 38 heavy (non-hydrogen) atoms. The average molecular weight is 511 g/mol. The fraction of sp³-hybridized carbons (Fsp3) is 0.357. The number of rotatable bonds is 7. The van der Waals surface area contributed by atoms with Crippen LogP contribution in [-0.4, -0.2) is 53.3 Å². The highest BCUT2D eigenvalue weighted by atomic mass is 16.5. The molecule has 0 bridgehead atoms. The summed E-state index contributed by atoms with van der Waals surface area (Å²) in [6, 6.07) is 5.59. The SMILES string of the molecule is [C-]#[N+]c1cnc([C@H](C)N2CCc3c(cc(Cn4ccnc4C)cc3-c3nc(C)nn3C)C2=O)cc1OCC. The van der Waals surface area contributed by atoms with Gasteiger partial charge in [-0.2, -0.15) is 5.10 Å². The highest BCUT2D eigenvalue weighted by Gasteiger charge is 2.32. The van der Waals surface area contributed by atoms with Crippen molar-refractivity contribution in [2.24, 2.45) is 7.05 Å². The Morgan fingerprint density at radius 1 is 1.18 bits per heavy atom. The second kappa shape index (κ2) is 10.1. The average Bonchev–Trinajstić information content (AvgIpc) is 3.47. The van der Waals surface area contributed by atoms with E-state index < -0.39 is 0 Å². The van der Waals surface area contributed by atoms with Crippen LogP contribution in [0.1, 0.15) is 58.7 Å². The summed E-state index contributed by atoms with van der Waals surface area (Å²) in [6.07, 6.45) is 5.91. The van der Waals surface area contributed by atoms with Crippen molar-refractivity contribution in [3.05, 3.63) is 82.2 Å². The minimum absolute atomic E-state index is 0.0582. The molecule has 0 saturated carbocycles. The van der Waals surface area contributed by atoms with Crippen LogP contribution in [0, 0.1) is 20.4 Å². The second-order valence-corrected chi connectivity index (χ2v) is 9.42. The zero-order chi connectivity index (χ0) is 27.0. The summed E-state index contributed by atoms with van der Waals surface area (Å²) in [5, 5.41) is 4.45. The molecule has 10 nitrogen and oxygen atoms in total. The van der Waals surface area contributed by atoms with Gasteiger partial charge in [-0.05, 0) is 63.4 Å². The van der Waals surface area contributed by atoms with Crippen LogP contribution in [0.2, 0.25) is 0 Å². The lowest BCUT2D eigenvalue weighted by Gasteiger charge is -2.34. The number of imidazole rings is 1. The van der Waals surface area contributed by atoms with Gasteiger partial charge >= 0.3 is 0 Å². The molecule has 4 aromatic rings. The number of ether oxygens (including phenoxy) is 1. The number of carbonyl (C=O) groups is 1. The Labute approximate surface area is 221 Å². The summed E-state index contributed by atoms with van der Waals surface area (Å²) < 4.78 is 9.49. The molecule has 194 valence electrons. The first-order valence-corrected chi connectivity index (χ1v) is 12.6. The minimum Gasteiger partial charge on any atom is -0.505 e. The largest absolute Gasteiger partial charge is 0.505 e. The number of aromatic nitrogens is 6. The number of fused-ring (bicyclic) bond motifs is 1. The predicted molar refractivity (Wildman–Crippen MR) is 142 cm³/mol. The number of amides is 1. The Kier molecular flexibility index (Phi) is 6.68. The molecule has 10 heteroatoms. The van der Waals surface area contributed by atoms with Gasteiger partial charge in [0.25, 0.3) is 5.91 Å². The number of hydrogen-bond donors (Lipinski definition) is 0. The normalized spacial score (nSPS) is 13.8. The Morgan fingerprint density at radius 3 is 2.63 bits per heavy atom. The smallest absolute Gasteiger partial charge is 0.254 e. The molecule has 1 aliphatic heterocycles. The van der Waals surface area contributed by atoms with Crippen molar-refractivity contribution in [3.63, 3.8) is 0 Å². The Morgan fingerprint density at radius 2 is 1.97 bits per heavy atom. The molecular weight excluding hydrogens is 480 g/mol. The van der Waals surface area contributed by atoms with Crippen molar-refractivity contribution in [2.75, 3.05) is 13.2 Å². The fourth-order valence-corrected chi connectivity index (χ4v) is 5.04. The number of benzene rings is 1. The number of pyridine rings is 1. The maximum atomic E-state index is 14.0. The maximum Gasteiger partial charge on any atom is 0.254 e. The molecule has 0 radical (unpaired) electrons. The molecule has 1 aliphatic rings. The Hall–Kier alpha value is -4.52. The van der Waals surface area contributed by atoms with E-state index in [2.05, 4.69) is 35.5 Å². The Bertz CT molecular complexity index is 1560. The summed E-state index contributed by atoms with van der Waals surface area (Å²) in [6.45, 7) is 16.6. The van der Waals surface area contributed by atoms with E-state index in [0.29, 0.717) is 54.6 Å². The van der Waals surface area contributed by atoms with Gasteiger partial charge in [0.15, 0.2) is 5.82 Å². The van der Waals surface area contributed by atoms with Gasteiger partial charge in [0.05, 0.1) is 24.9 Å². The number of hydrogen-bond acceptors (Lipinski definition) is 6. The molecule has 4 heterocycles. The van der Waals surface area contributed by atoms with Gasteiger partial charge in [-0.15, -0.1) is 0 Å². The third-order valence-corrected chi connectivity index (χ3v) is 6.97. The van der Waals surface area contributed by atoms with Crippen molar-refractivity contribution in [1.82, 2.24) is 34.2 Å². The Balaban J connectivity index is 1.56. The van der Waals surface area contributed by atoms with Crippen LogP contribution >= 0.6 is 0 Å². The van der Waals surface area contributed by atoms with Crippen molar-refractivity contribution in [3.8, 4) is 17.1 Å². The maximum absolute atomic E-state index is 14.0. The van der Waals surface area contributed by atoms with Crippen LogP contribution in [0.3, 0.4) is 0 Å². The molecule has 1 aromatic carbocycles. The summed E-state index contributed by atoms with van der Waals surface area (Å²) in [7, 11) is 1.88. The van der Waals surface area contributed by atoms with E-state index in [1.807, 2.05) is 51.9 Å². The number of aryl methyl sites for hydroxylation is 3. The first kappa shape index (κ1) is 25.1. The van der Waals surface area contributed by atoms with Crippen LogP contribution in [-0.2, 0) is 20.0 Å². The van der Waals surface area contributed by atoms with Gasteiger partial charge in [0.1, 0.15) is 17.4 Å². The van der Waals surface area contributed by atoms with Gasteiger partial charge in [-0.1, -0.05) is 0 Å². The zero-order valence-electron chi connectivity index (χ0n) is 22.3. The summed E-state index contributed by atoms with van der Waals surface area (Å²) >= 11 is 0. The number of nitrogens with zero attached hydrogens (tertiary/aromatic N) is 8. The van der Waals surface area contributed by atoms with Crippen molar-refractivity contribution in [2.45, 2.75) is 46.7 Å². The van der Waals surface area contributed by atoms with E-state index in [4.69, 9.17) is 11.3 Å². The lowest BCUT2D eigenvalue weighted by Crippen LogP contribution is -2.40. The lowest BCUT2D eigenvalue weighted by molar-refractivity contribution is 0.0669. The quantitative estimate of drug-likeness (QED) is 0.341. The third kappa shape index (κ3) is 4.52. The van der Waals surface area contributed by atoms with Gasteiger partial charge in [0.2, 0.25) is 5.69 Å². The first-order chi connectivity index (χ1) is 18.3. The van der Waals surface area contributed by atoms with E-state index >= 15 is 0 Å². The van der Waals surface area contributed by atoms with Crippen LogP contribution in [0.15, 0.2) is 36.8 Å². The van der Waals surface area contributed by atoms with Gasteiger partial charge < -0.3 is 14.2 Å². The van der Waals surface area contributed by atoms with Crippen LogP contribution in [0.5, 0.6) is 5.75 Å². The molecule has 1 atom stereocenters. The van der Waals surface area contributed by atoms with Crippen LogP contribution < -0.4 is 4.74 Å². The molecule has 0 saturated heterocycles. The monoisotopic (exact) mass is 510 g/mol. The fourth-order valence-electron chi connectivity index (χ4n) is 5.04. The zero-order valence-corrected chi connectivity index (χ0v) is 22.3. The highest BCUT2D eigenvalue weighted by Crippen LogP contribution is 2.36. The lowest BCUT2D eigenvalue weighted by atomic mass is 9.90. The molecule has 0 N–H and O–H groups in total. The highest BCUT2D eigenvalue weighted by molar-refractivity contribution is 5.99. The van der Waals surface area contributed by atoms with Gasteiger partial charge in [-0.25, -0.2) is 19.5 Å². The minimum atomic E-state index is -0.297. The molecule has 0 spiro atoms. The van der Waals surface area contributed by atoms with Gasteiger partial charge in [0, 0.05) is 49.9 Å². The summed E-state index contributed by atoms with van der Waals surface area (Å²) in [4.78, 5) is 32.9. The van der Waals surface area contributed by atoms with Crippen molar-refractivity contribution >= 4 is 11.6 Å². The van der Waals surface area contributed by atoms with Gasteiger partial charge in [-0.3, -0.25) is 9.78 Å². The first-order valence-electron chi connectivity index (χ1n) is 12.6. The standard InChI is InChI=1S/C28H30N8O2/c1-7-38-26-14-24(31-15-25(26)29-5)17(2)36-10-8-21-22(27-32-18(3)33-34(27)6)12-20(13-23(21)28(36)37)16-35-11-9-30-19(35)4/h9,11-15,17H,7-8,10,16H2,1-4,6H3/t17-/m0/s1. The molecular formula is C28H30N8O2. The molecule has 1 amide bonds. The molecule has 5 rings (SSSR count). The molecule has 0 aliphatic carbocycles.